The van der Waals surface area contributed by atoms with Gasteiger partial charge in [-0.2, -0.15) is 0 Å². The average molecular weight is 272 g/mol. The van der Waals surface area contributed by atoms with Crippen LogP contribution >= 0.6 is 0 Å². The molecule has 0 spiro atoms. The van der Waals surface area contributed by atoms with Gasteiger partial charge in [-0.05, 0) is 44.0 Å². The molecule has 0 radical (unpaired) electrons. The standard InChI is InChI=1S/C15H20N4O/c16-8-12-2-1-11(7-13(12)17)15(20)18-14-9-19-5-3-10(14)4-6-19/h1-2,7-8,10,14,16H,3-6,9,17H2,(H,18,20). The molecule has 3 heterocycles. The Hall–Kier alpha value is -1.88. The molecule has 4 rings (SSSR count). The zero-order valence-corrected chi connectivity index (χ0v) is 11.4. The van der Waals surface area contributed by atoms with Gasteiger partial charge in [-0.15, -0.1) is 0 Å². The van der Waals surface area contributed by atoms with E-state index in [9.17, 15) is 4.79 Å². The van der Waals surface area contributed by atoms with Gasteiger partial charge in [0.2, 0.25) is 0 Å². The number of nitrogen functional groups attached to an aromatic ring is 1. The number of rotatable bonds is 3. The summed E-state index contributed by atoms with van der Waals surface area (Å²) < 4.78 is 0. The Kier molecular flexibility index (Phi) is 3.44. The predicted octanol–water partition coefficient (Wildman–Crippen LogP) is 1.09. The van der Waals surface area contributed by atoms with E-state index in [0.717, 1.165) is 19.6 Å². The molecule has 2 bridgehead atoms. The molecular formula is C15H20N4O. The third kappa shape index (κ3) is 2.41. The number of nitrogens with zero attached hydrogens (tertiary/aromatic N) is 1. The van der Waals surface area contributed by atoms with Crippen LogP contribution in [0.1, 0.15) is 28.8 Å². The van der Waals surface area contributed by atoms with Crippen LogP contribution in [0.5, 0.6) is 0 Å². The van der Waals surface area contributed by atoms with Crippen molar-refractivity contribution in [2.24, 2.45) is 5.92 Å². The number of anilines is 1. The van der Waals surface area contributed by atoms with Gasteiger partial charge in [0, 0.05) is 35.6 Å². The van der Waals surface area contributed by atoms with Crippen LogP contribution in [0.25, 0.3) is 0 Å². The third-order valence-electron chi connectivity index (χ3n) is 4.48. The molecule has 106 valence electrons. The number of hydrogen-bond donors (Lipinski definition) is 3. The van der Waals surface area contributed by atoms with Crippen LogP contribution in [0.4, 0.5) is 5.69 Å². The molecule has 3 fully saturated rings. The maximum atomic E-state index is 12.3. The number of benzene rings is 1. The minimum atomic E-state index is -0.0630. The summed E-state index contributed by atoms with van der Waals surface area (Å²) in [6, 6.07) is 5.35. The Labute approximate surface area is 118 Å². The smallest absolute Gasteiger partial charge is 0.251 e. The molecule has 5 nitrogen and oxygen atoms in total. The fourth-order valence-corrected chi connectivity index (χ4v) is 3.23. The quantitative estimate of drug-likeness (QED) is 0.569. The number of amides is 1. The van der Waals surface area contributed by atoms with Gasteiger partial charge < -0.3 is 21.4 Å². The molecule has 0 aromatic heterocycles. The minimum Gasteiger partial charge on any atom is -0.398 e. The Balaban J connectivity index is 1.70. The van der Waals surface area contributed by atoms with E-state index in [4.69, 9.17) is 11.1 Å². The summed E-state index contributed by atoms with van der Waals surface area (Å²) in [5.74, 6) is 0.550. The first-order valence-electron chi connectivity index (χ1n) is 7.10. The van der Waals surface area contributed by atoms with Gasteiger partial charge in [-0.25, -0.2) is 0 Å². The first-order chi connectivity index (χ1) is 9.67. The van der Waals surface area contributed by atoms with Crippen molar-refractivity contribution in [3.05, 3.63) is 29.3 Å². The molecule has 0 saturated carbocycles. The van der Waals surface area contributed by atoms with E-state index in [1.165, 1.54) is 19.1 Å². The van der Waals surface area contributed by atoms with Crippen LogP contribution in [0.2, 0.25) is 0 Å². The van der Waals surface area contributed by atoms with Crippen LogP contribution in [-0.2, 0) is 0 Å². The van der Waals surface area contributed by atoms with Gasteiger partial charge in [0.1, 0.15) is 0 Å². The van der Waals surface area contributed by atoms with E-state index < -0.39 is 0 Å². The highest BCUT2D eigenvalue weighted by Gasteiger charge is 2.34. The number of fused-ring (bicyclic) bond motifs is 3. The summed E-state index contributed by atoms with van der Waals surface area (Å²) in [5.41, 5.74) is 7.51. The van der Waals surface area contributed by atoms with Crippen LogP contribution < -0.4 is 11.1 Å². The maximum absolute atomic E-state index is 12.3. The first-order valence-corrected chi connectivity index (χ1v) is 7.10. The van der Waals surface area contributed by atoms with E-state index >= 15 is 0 Å². The fraction of sp³-hybridized carbons (Fsp3) is 0.467. The number of carbonyl (C=O) groups excluding carboxylic acids is 1. The number of hydrogen-bond acceptors (Lipinski definition) is 4. The highest BCUT2D eigenvalue weighted by Crippen LogP contribution is 2.27. The summed E-state index contributed by atoms with van der Waals surface area (Å²) in [6.07, 6.45) is 3.56. The molecule has 1 amide bonds. The van der Waals surface area contributed by atoms with E-state index in [-0.39, 0.29) is 11.9 Å². The molecule has 3 aliphatic heterocycles. The lowest BCUT2D eigenvalue weighted by atomic mass is 9.84. The molecule has 1 aromatic rings. The lowest BCUT2D eigenvalue weighted by molar-refractivity contribution is 0.0620. The van der Waals surface area contributed by atoms with Crippen molar-refractivity contribution >= 4 is 17.8 Å². The van der Waals surface area contributed by atoms with Gasteiger partial charge in [0.25, 0.3) is 5.91 Å². The number of piperidine rings is 3. The predicted molar refractivity (Wildman–Crippen MR) is 79.2 cm³/mol. The Bertz CT molecular complexity index is 535. The molecule has 20 heavy (non-hydrogen) atoms. The summed E-state index contributed by atoms with van der Waals surface area (Å²) in [5, 5.41) is 10.4. The second kappa shape index (κ2) is 5.25. The molecule has 1 unspecified atom stereocenters. The van der Waals surface area contributed by atoms with Crippen molar-refractivity contribution in [2.75, 3.05) is 25.4 Å². The van der Waals surface area contributed by atoms with Crippen molar-refractivity contribution in [1.82, 2.24) is 10.2 Å². The van der Waals surface area contributed by atoms with Gasteiger partial charge in [-0.1, -0.05) is 6.07 Å². The van der Waals surface area contributed by atoms with Crippen LogP contribution in [-0.4, -0.2) is 42.7 Å². The molecule has 0 aliphatic carbocycles. The average Bonchev–Trinajstić information content (AvgIpc) is 2.48. The molecule has 3 saturated heterocycles. The lowest BCUT2D eigenvalue weighted by Crippen LogP contribution is -2.57. The largest absolute Gasteiger partial charge is 0.398 e. The van der Waals surface area contributed by atoms with Crippen molar-refractivity contribution in [2.45, 2.75) is 18.9 Å². The number of carbonyl (C=O) groups is 1. The molecule has 4 N–H and O–H groups in total. The highest BCUT2D eigenvalue weighted by molar-refractivity contribution is 5.97. The van der Waals surface area contributed by atoms with Crippen LogP contribution in [0.3, 0.4) is 0 Å². The normalized spacial score (nSPS) is 28.1. The van der Waals surface area contributed by atoms with Crippen molar-refractivity contribution in [1.29, 1.82) is 5.41 Å². The molecular weight excluding hydrogens is 252 g/mol. The second-order valence-electron chi connectivity index (χ2n) is 5.71. The van der Waals surface area contributed by atoms with Gasteiger partial charge in [0.15, 0.2) is 0 Å². The minimum absolute atomic E-state index is 0.0630. The van der Waals surface area contributed by atoms with Gasteiger partial charge in [0.05, 0.1) is 0 Å². The van der Waals surface area contributed by atoms with E-state index in [1.807, 2.05) is 0 Å². The van der Waals surface area contributed by atoms with Crippen LogP contribution in [0, 0.1) is 11.3 Å². The van der Waals surface area contributed by atoms with E-state index in [2.05, 4.69) is 10.2 Å². The summed E-state index contributed by atoms with van der Waals surface area (Å²) >= 11 is 0. The van der Waals surface area contributed by atoms with E-state index in [1.54, 1.807) is 18.2 Å². The first kappa shape index (κ1) is 13.1. The fourth-order valence-electron chi connectivity index (χ4n) is 3.23. The zero-order chi connectivity index (χ0) is 14.1. The molecule has 5 heteroatoms. The third-order valence-corrected chi connectivity index (χ3v) is 4.48. The Morgan fingerprint density at radius 2 is 2.15 bits per heavy atom. The SMILES string of the molecule is N=Cc1ccc(C(=O)NC2CN3CCC2CC3)cc1N. The number of nitrogens with one attached hydrogen (secondary N) is 2. The number of nitrogens with two attached hydrogens (primary N) is 1. The van der Waals surface area contributed by atoms with Crippen molar-refractivity contribution in [3.8, 4) is 0 Å². The summed E-state index contributed by atoms with van der Waals surface area (Å²) in [4.78, 5) is 14.7. The molecule has 3 aliphatic rings. The molecule has 1 aromatic carbocycles. The molecule has 1 atom stereocenters. The Morgan fingerprint density at radius 1 is 1.40 bits per heavy atom. The van der Waals surface area contributed by atoms with Gasteiger partial charge in [-0.3, -0.25) is 4.79 Å². The van der Waals surface area contributed by atoms with Crippen molar-refractivity contribution < 1.29 is 4.79 Å². The van der Waals surface area contributed by atoms with Crippen LogP contribution in [0.15, 0.2) is 18.2 Å². The summed E-state index contributed by atoms with van der Waals surface area (Å²) in [7, 11) is 0. The summed E-state index contributed by atoms with van der Waals surface area (Å²) in [6.45, 7) is 3.29. The highest BCUT2D eigenvalue weighted by atomic mass is 16.1. The van der Waals surface area contributed by atoms with Crippen molar-refractivity contribution in [3.63, 3.8) is 0 Å². The van der Waals surface area contributed by atoms with E-state index in [0.29, 0.717) is 22.7 Å². The second-order valence-corrected chi connectivity index (χ2v) is 5.71. The lowest BCUT2D eigenvalue weighted by Gasteiger charge is -2.44. The maximum Gasteiger partial charge on any atom is 0.251 e. The zero-order valence-electron chi connectivity index (χ0n) is 11.4. The Morgan fingerprint density at radius 3 is 2.70 bits per heavy atom. The monoisotopic (exact) mass is 272 g/mol. The van der Waals surface area contributed by atoms with Gasteiger partial charge >= 0.3 is 0 Å². The topological polar surface area (TPSA) is 82.2 Å².